The van der Waals surface area contributed by atoms with Gasteiger partial charge in [0.15, 0.2) is 0 Å². The first-order valence-electron chi connectivity index (χ1n) is 31.5. The molecule has 31 nitrogen and oxygen atoms in total. The first-order valence-corrected chi connectivity index (χ1v) is 32.9. The van der Waals surface area contributed by atoms with Crippen molar-refractivity contribution in [3.8, 4) is 11.5 Å². The topological polar surface area (TPSA) is 499 Å². The van der Waals surface area contributed by atoms with Gasteiger partial charge in [0, 0.05) is 31.2 Å². The third-order valence-electron chi connectivity index (χ3n) is 14.6. The highest BCUT2D eigenvalue weighted by molar-refractivity contribution is 7.98. The number of nitrogens with two attached hydrogens (primary N) is 2. The Labute approximate surface area is 556 Å². The smallest absolute Gasteiger partial charge is 0.328 e. The van der Waals surface area contributed by atoms with Gasteiger partial charge in [-0.1, -0.05) is 65.8 Å². The van der Waals surface area contributed by atoms with E-state index < -0.39 is 151 Å². The zero-order valence-corrected chi connectivity index (χ0v) is 55.9. The minimum Gasteiger partial charge on any atom is -0.508 e. The SMILES string of the molecule is CSCC[C@H](NC(=O)CNC(=O)[C@H](Cc1cnc[nH]1)NC(=O)[C@H](C)N)C(=O)N[C@@H](CC(C)C)C(=O)N[C@@H](CCCCN)C(=O)N[C@@H](CC(C)C)C(=O)N[C@@H](Cc1ccc(O)cc1)C(=O)N[C@@H](Cc1ccc(O)cc1)C(=O)NCC(=O)N[C@@H](CC(C)C)C(=O)N[C@@H](CO)C(=O)O. The van der Waals surface area contributed by atoms with Crippen LogP contribution in [0.1, 0.15) is 110 Å². The number of benzene rings is 2. The summed E-state index contributed by atoms with van der Waals surface area (Å²) in [5.41, 5.74) is 12.9. The minimum atomic E-state index is -1.66. The van der Waals surface area contributed by atoms with Gasteiger partial charge in [-0.3, -0.25) is 52.7 Å². The van der Waals surface area contributed by atoms with Crippen molar-refractivity contribution in [2.45, 2.75) is 173 Å². The number of rotatable bonds is 43. The molecule has 1 aromatic heterocycles. The van der Waals surface area contributed by atoms with E-state index >= 15 is 0 Å². The summed E-state index contributed by atoms with van der Waals surface area (Å²) in [5.74, 6) is -10.9. The number of carboxylic acids is 1. The van der Waals surface area contributed by atoms with E-state index in [1.165, 1.54) is 79.7 Å². The number of nitrogens with one attached hydrogen (secondary N) is 12. The zero-order valence-electron chi connectivity index (χ0n) is 55.1. The average Bonchev–Trinajstić information content (AvgIpc) is 2.36. The molecule has 0 bridgehead atoms. The number of imidazole rings is 1. The molecule has 0 saturated heterocycles. The minimum absolute atomic E-state index is 0.00144. The number of amides is 11. The van der Waals surface area contributed by atoms with Crippen molar-refractivity contribution in [3.05, 3.63) is 77.9 Å². The number of aliphatic hydroxyl groups is 1. The number of unbranched alkanes of at least 4 members (excludes halogenated alkanes) is 1. The Hall–Kier alpha value is -8.88. The number of phenols is 2. The monoisotopic (exact) mass is 1350 g/mol. The fourth-order valence-corrected chi connectivity index (χ4v) is 10.0. The maximum Gasteiger partial charge on any atom is 0.328 e. The lowest BCUT2D eigenvalue weighted by molar-refractivity contribution is -0.143. The number of carbonyl (C=O) groups is 12. The van der Waals surface area contributed by atoms with Gasteiger partial charge in [0.1, 0.15) is 65.9 Å². The van der Waals surface area contributed by atoms with Crippen molar-refractivity contribution < 1.29 is 78.0 Å². The third kappa shape index (κ3) is 30.4. The van der Waals surface area contributed by atoms with Gasteiger partial charge >= 0.3 is 5.97 Å². The Morgan fingerprint density at radius 2 is 0.853 bits per heavy atom. The van der Waals surface area contributed by atoms with Crippen LogP contribution >= 0.6 is 11.8 Å². The van der Waals surface area contributed by atoms with Crippen LogP contribution in [0.5, 0.6) is 11.5 Å². The molecular weight excluding hydrogens is 1250 g/mol. The fourth-order valence-electron chi connectivity index (χ4n) is 9.55. The highest BCUT2D eigenvalue weighted by atomic mass is 32.2. The average molecular weight is 1350 g/mol. The molecule has 11 amide bonds. The van der Waals surface area contributed by atoms with Crippen LogP contribution < -0.4 is 70.0 Å². The molecule has 0 aliphatic rings. The summed E-state index contributed by atoms with van der Waals surface area (Å²) in [7, 11) is 0. The number of phenolic OH excluding ortho intramolecular Hbond substituents is 2. The molecule has 1 heterocycles. The second kappa shape index (κ2) is 41.7. The Kier molecular flexibility index (Phi) is 35.3. The van der Waals surface area contributed by atoms with Crippen molar-refractivity contribution in [1.82, 2.24) is 68.5 Å². The number of hydrogen-bond donors (Lipinski definition) is 18. The number of carbonyl (C=O) groups excluding carboxylic acids is 11. The lowest BCUT2D eigenvalue weighted by Gasteiger charge is -2.29. The number of aromatic hydroxyl groups is 2. The number of H-pyrrole nitrogens is 1. The van der Waals surface area contributed by atoms with E-state index in [4.69, 9.17) is 11.5 Å². The summed E-state index contributed by atoms with van der Waals surface area (Å²) in [6.07, 6.45) is 5.16. The highest BCUT2D eigenvalue weighted by Gasteiger charge is 2.36. The summed E-state index contributed by atoms with van der Waals surface area (Å²) >= 11 is 1.38. The Balaban J connectivity index is 1.91. The highest BCUT2D eigenvalue weighted by Crippen LogP contribution is 2.17. The van der Waals surface area contributed by atoms with Crippen LogP contribution in [0.3, 0.4) is 0 Å². The van der Waals surface area contributed by atoms with Crippen LogP contribution in [0.15, 0.2) is 61.1 Å². The van der Waals surface area contributed by atoms with Crippen molar-refractivity contribution >= 4 is 82.7 Å². The number of aliphatic hydroxyl groups excluding tert-OH is 1. The Morgan fingerprint density at radius 3 is 1.25 bits per heavy atom. The van der Waals surface area contributed by atoms with Crippen LogP contribution in [0.4, 0.5) is 0 Å². The van der Waals surface area contributed by atoms with Crippen LogP contribution in [0, 0.1) is 17.8 Å². The third-order valence-corrected chi connectivity index (χ3v) is 15.2. The fraction of sp³-hybridized carbons (Fsp3) is 0.571. The Morgan fingerprint density at radius 1 is 0.484 bits per heavy atom. The molecular formula is C63H97N15O16S. The van der Waals surface area contributed by atoms with E-state index in [2.05, 4.69) is 68.5 Å². The normalized spacial score (nSPS) is 14.4. The maximum atomic E-state index is 14.7. The molecule has 3 rings (SSSR count). The molecule has 20 N–H and O–H groups in total. The Bertz CT molecular complexity index is 2990. The predicted octanol–water partition coefficient (Wildman–Crippen LogP) is -2.11. The molecule has 3 aromatic rings. The molecule has 0 fully saturated rings. The molecule has 0 aliphatic carbocycles. The number of aromatic amines is 1. The van der Waals surface area contributed by atoms with Crippen molar-refractivity contribution in [1.29, 1.82) is 0 Å². The maximum absolute atomic E-state index is 14.7. The van der Waals surface area contributed by atoms with Crippen LogP contribution in [-0.4, -0.2) is 200 Å². The first kappa shape index (κ1) is 80.4. The molecule has 0 unspecified atom stereocenters. The molecule has 0 spiro atoms. The number of nitrogens with zero attached hydrogens (tertiary/aromatic N) is 1. The number of aromatic nitrogens is 2. The molecule has 526 valence electrons. The standard InChI is InChI=1S/C63H97N15O16S/c1-34(2)23-45(59(89)78-51(32-79)63(93)94)71-53(83)31-67-55(85)48(26-38-12-16-41(80)17-13-38)76-62(92)49(27-39-14-18-42(81)19-15-39)77-61(91)47(25-36(5)6)74-57(87)43(11-9-10-21-64)72-60(90)46(24-35(3)4)75-58(88)44(20-22-95-8)70-52(82)30-68-56(86)50(73-54(84)37(7)65)28-40-29-66-33-69-40/h12-19,29,33-37,43-51,79-81H,9-11,20-28,30-32,64-65H2,1-8H3,(H,66,69)(H,67,85)(H,68,86)(H,70,82)(H,71,83)(H,72,90)(H,73,84)(H,74,87)(H,75,88)(H,76,92)(H,77,91)(H,78,89)(H,93,94)/t37-,43-,44-,45-,46-,47-,48-,49-,50-,51-/m0/s1. The van der Waals surface area contributed by atoms with Gasteiger partial charge in [-0.15, -0.1) is 0 Å². The molecule has 10 atom stereocenters. The van der Waals surface area contributed by atoms with Crippen LogP contribution in [-0.2, 0) is 76.8 Å². The molecule has 0 aliphatic heterocycles. The van der Waals surface area contributed by atoms with E-state index in [0.717, 1.165) is 0 Å². The van der Waals surface area contributed by atoms with Gasteiger partial charge in [0.05, 0.1) is 32.1 Å². The molecule has 0 saturated carbocycles. The lowest BCUT2D eigenvalue weighted by Crippen LogP contribution is -2.60. The second-order valence-corrected chi connectivity index (χ2v) is 25.4. The summed E-state index contributed by atoms with van der Waals surface area (Å²) in [4.78, 5) is 171. The number of carboxylic acid groups (broad SMARTS) is 1. The van der Waals surface area contributed by atoms with Gasteiger partial charge in [0.25, 0.3) is 0 Å². The number of aliphatic carboxylic acids is 1. The van der Waals surface area contributed by atoms with Crippen molar-refractivity contribution in [3.63, 3.8) is 0 Å². The van der Waals surface area contributed by atoms with Crippen LogP contribution in [0.25, 0.3) is 0 Å². The summed E-state index contributed by atoms with van der Waals surface area (Å²) in [6.45, 7) is 10.1. The number of hydrogen-bond acceptors (Lipinski definition) is 19. The van der Waals surface area contributed by atoms with E-state index in [-0.39, 0.29) is 87.2 Å². The predicted molar refractivity (Wildman–Crippen MR) is 352 cm³/mol. The summed E-state index contributed by atoms with van der Waals surface area (Å²) in [5, 5.41) is 67.4. The molecule has 32 heteroatoms. The second-order valence-electron chi connectivity index (χ2n) is 24.4. The first-order chi connectivity index (χ1) is 44.9. The summed E-state index contributed by atoms with van der Waals surface area (Å²) < 4.78 is 0. The van der Waals surface area contributed by atoms with Gasteiger partial charge in [-0.05, 0) is 124 Å². The van der Waals surface area contributed by atoms with Gasteiger partial charge in [-0.25, -0.2) is 9.78 Å². The van der Waals surface area contributed by atoms with Crippen molar-refractivity contribution in [2.24, 2.45) is 29.2 Å². The van der Waals surface area contributed by atoms with E-state index in [0.29, 0.717) is 35.4 Å². The molecule has 95 heavy (non-hydrogen) atoms. The molecule has 0 radical (unpaired) electrons. The van der Waals surface area contributed by atoms with E-state index in [9.17, 15) is 78.0 Å². The number of thioether (sulfide) groups is 1. The quantitative estimate of drug-likeness (QED) is 0.0270. The molecule has 2 aromatic carbocycles. The van der Waals surface area contributed by atoms with Crippen LogP contribution in [0.2, 0.25) is 0 Å². The van der Waals surface area contributed by atoms with Gasteiger partial charge in [0.2, 0.25) is 65.0 Å². The summed E-state index contributed by atoms with van der Waals surface area (Å²) in [6, 6.07) is -1.83. The van der Waals surface area contributed by atoms with E-state index in [1.54, 1.807) is 47.8 Å². The van der Waals surface area contributed by atoms with E-state index in [1.807, 2.05) is 0 Å². The largest absolute Gasteiger partial charge is 0.508 e. The van der Waals surface area contributed by atoms with Gasteiger partial charge in [-0.2, -0.15) is 11.8 Å². The lowest BCUT2D eigenvalue weighted by atomic mass is 9.99. The van der Waals surface area contributed by atoms with Gasteiger partial charge < -0.3 is 95.4 Å². The van der Waals surface area contributed by atoms with Crippen molar-refractivity contribution in [2.75, 3.05) is 38.2 Å². The zero-order chi connectivity index (χ0) is 70.9.